The molecule has 0 aromatic heterocycles. The topological polar surface area (TPSA) is 542 Å². The second kappa shape index (κ2) is 43.8. The maximum atomic E-state index is 14.5. The summed E-state index contributed by atoms with van der Waals surface area (Å²) in [6.07, 6.45) is 2.90. The van der Waals surface area contributed by atoms with Crippen molar-refractivity contribution in [3.63, 3.8) is 0 Å². The van der Waals surface area contributed by atoms with Crippen LogP contribution in [0.15, 0.2) is 111 Å². The van der Waals surface area contributed by atoms with Crippen LogP contribution in [0.1, 0.15) is 191 Å². The molecule has 0 spiro atoms. The molecule has 19 rings (SSSR count). The van der Waals surface area contributed by atoms with Crippen molar-refractivity contribution in [3.8, 4) is 0 Å². The first-order valence-corrected chi connectivity index (χ1v) is 54.8. The molecule has 150 heavy (non-hydrogen) atoms. The van der Waals surface area contributed by atoms with E-state index in [1.165, 1.54) is 32.9 Å². The maximum Gasteiger partial charge on any atom is 0.410 e. The average Bonchev–Trinajstić information content (AvgIpc) is 1.58. The van der Waals surface area contributed by atoms with Gasteiger partial charge >= 0.3 is 42.7 Å². The molecule has 3 aromatic carbocycles. The second-order valence-corrected chi connectivity index (χ2v) is 46.5. The van der Waals surface area contributed by atoms with Gasteiger partial charge in [0.1, 0.15) is 71.2 Å². The number of hydrogen-bond acceptors (Lipinski definition) is 27. The molecule has 0 unspecified atom stereocenters. The number of nitrogens with one attached hydrogen (secondary N) is 9. The van der Waals surface area contributed by atoms with Crippen LogP contribution in [0.25, 0.3) is 18.2 Å². The van der Waals surface area contributed by atoms with Gasteiger partial charge in [0.25, 0.3) is 17.7 Å². The van der Waals surface area contributed by atoms with Crippen LogP contribution in [-0.4, -0.2) is 283 Å². The smallest absolute Gasteiger partial charge is 0.410 e. The Hall–Kier alpha value is -13.6. The van der Waals surface area contributed by atoms with Gasteiger partial charge in [0.15, 0.2) is 0 Å². The molecule has 16 aliphatic rings. The first-order chi connectivity index (χ1) is 71.4. The van der Waals surface area contributed by atoms with Gasteiger partial charge in [-0.25, -0.2) is 62.8 Å². The van der Waals surface area contributed by atoms with Crippen molar-refractivity contribution >= 4 is 138 Å². The van der Waals surface area contributed by atoms with Crippen molar-refractivity contribution in [2.24, 2.45) is 23.7 Å². The second-order valence-electron chi connectivity index (χ2n) is 40.7. The fraction of sp³-hybridized carbons (Fsp3) is 0.550. The van der Waals surface area contributed by atoms with E-state index in [2.05, 4.69) is 51.0 Å². The molecular weight excluding hydrogens is 2030 g/mol. The summed E-state index contributed by atoms with van der Waals surface area (Å²) in [4.78, 5) is 210. The van der Waals surface area contributed by atoms with Crippen LogP contribution in [0.2, 0.25) is 0 Å². The molecule has 9 N–H and O–H groups in total. The summed E-state index contributed by atoms with van der Waals surface area (Å²) < 4.78 is 183. The molecule has 9 aliphatic heterocycles. The van der Waals surface area contributed by atoms with Gasteiger partial charge in [-0.2, -0.15) is 13.2 Å². The Morgan fingerprint density at radius 2 is 0.753 bits per heavy atom. The van der Waals surface area contributed by atoms with Crippen molar-refractivity contribution in [2.75, 3.05) is 39.5 Å². The molecule has 9 heterocycles. The Morgan fingerprint density at radius 1 is 0.433 bits per heavy atom. The number of carbonyl (C=O) groups excluding carboxylic acids is 15. The van der Waals surface area contributed by atoms with Crippen LogP contribution in [0.4, 0.5) is 50.7 Å². The number of benzene rings is 3. The average molecular weight is 2150 g/mol. The SMILES string of the molecule is C=C[C@@H]1C[C@]1(NC(=O)[C@@H]1C[C@@H]2CN1C(=O)[C@H](C1CCCCC1)NC(=O)OCC/C=C/c1cccc3c1CN(C3)C(=O)O2)C(=O)NS(=O)(=O)C1CC1.C=C[C@@H]1C[C@]1(NC(=O)[C@@H]1C[C@@H]2CN1C(=O)[C@H](CC(F)(F)F)NC(=O)OCC/C=C/c1cccc3c1CN(C3)C(=O)O2)C(=O)NS(=O)(=O)C1CC1.C=C[C@@H]1C[C@]1(NC(=O)[C@@H]1C[C@@H]2CN1C(=O)[C@H](CC(F)F)NC(=O)OCC/C=C/c1cccc3c1CN(C3)C(=O)O2)C(=O)NS(=O)(=O)C1CC1. The third-order valence-corrected chi connectivity index (χ3v) is 35.5. The van der Waals surface area contributed by atoms with E-state index in [9.17, 15) is 119 Å². The van der Waals surface area contributed by atoms with E-state index in [1.54, 1.807) is 23.1 Å². The Morgan fingerprint density at radius 3 is 1.07 bits per heavy atom. The predicted molar refractivity (Wildman–Crippen MR) is 520 cm³/mol. The van der Waals surface area contributed by atoms with E-state index in [0.29, 0.717) is 70.9 Å². The zero-order chi connectivity index (χ0) is 107. The highest BCUT2D eigenvalue weighted by atomic mass is 32.2. The first kappa shape index (κ1) is 108. The monoisotopic (exact) mass is 2150 g/mol. The number of ether oxygens (including phenoxy) is 6. The number of halogens is 5. The number of amides is 15. The van der Waals surface area contributed by atoms with Gasteiger partial charge in [0, 0.05) is 63.1 Å². The van der Waals surface area contributed by atoms with E-state index in [0.717, 1.165) is 79.1 Å². The van der Waals surface area contributed by atoms with Gasteiger partial charge in [-0.15, -0.1) is 19.7 Å². The minimum atomic E-state index is -4.93. The van der Waals surface area contributed by atoms with Gasteiger partial charge in [-0.3, -0.25) is 72.0 Å². The third-order valence-electron chi connectivity index (χ3n) is 30.1. The number of fused-ring (bicyclic) bond motifs is 9. The zero-order valence-electron chi connectivity index (χ0n) is 81.7. The largest absolute Gasteiger partial charge is 0.449 e. The van der Waals surface area contributed by atoms with Gasteiger partial charge < -0.3 is 75.0 Å². The molecule has 42 nitrogen and oxygen atoms in total. The summed E-state index contributed by atoms with van der Waals surface area (Å²) in [5.41, 5.74) is 3.10. The van der Waals surface area contributed by atoms with Crippen LogP contribution in [0.5, 0.6) is 0 Å². The minimum absolute atomic E-state index is 0.0240. The zero-order valence-corrected chi connectivity index (χ0v) is 84.1. The molecule has 3 aromatic rings. The van der Waals surface area contributed by atoms with Crippen molar-refractivity contribution < 1.29 is 148 Å². The molecule has 808 valence electrons. The van der Waals surface area contributed by atoms with Crippen LogP contribution in [0, 0.1) is 23.7 Å². The number of alkyl halides is 5. The Labute approximate surface area is 860 Å². The number of alkyl carbamates (subject to hydrolysis) is 3. The molecule has 3 saturated heterocycles. The van der Waals surface area contributed by atoms with Crippen molar-refractivity contribution in [1.29, 1.82) is 0 Å². The number of hydrogen-bond donors (Lipinski definition) is 9. The molecule has 10 fully saturated rings. The highest BCUT2D eigenvalue weighted by molar-refractivity contribution is 7.91. The summed E-state index contributed by atoms with van der Waals surface area (Å²) in [5, 5.41) is 12.7. The summed E-state index contributed by atoms with van der Waals surface area (Å²) >= 11 is 0. The molecule has 12 bridgehead atoms. The Balaban J connectivity index is 0.000000153. The number of carbonyl (C=O) groups is 15. The lowest BCUT2D eigenvalue weighted by Gasteiger charge is -2.34. The quantitative estimate of drug-likeness (QED) is 0.0276. The van der Waals surface area contributed by atoms with Crippen molar-refractivity contribution in [3.05, 3.63) is 161 Å². The van der Waals surface area contributed by atoms with Crippen molar-refractivity contribution in [2.45, 2.75) is 280 Å². The molecule has 15 amide bonds. The minimum Gasteiger partial charge on any atom is -0.449 e. The third kappa shape index (κ3) is 24.4. The molecule has 7 saturated carbocycles. The molecule has 0 radical (unpaired) electrons. The van der Waals surface area contributed by atoms with E-state index >= 15 is 0 Å². The van der Waals surface area contributed by atoms with Crippen LogP contribution >= 0.6 is 0 Å². The Kier molecular flexibility index (Phi) is 31.4. The molecule has 50 heteroatoms. The fourth-order valence-corrected chi connectivity index (χ4v) is 25.2. The van der Waals surface area contributed by atoms with Crippen molar-refractivity contribution in [1.82, 2.24) is 75.5 Å². The summed E-state index contributed by atoms with van der Waals surface area (Å²) in [6, 6.07) is 7.73. The molecule has 15 atom stereocenters. The summed E-state index contributed by atoms with van der Waals surface area (Å²) in [5.74, 6) is -10.3. The molecular formula is C100H118F5N15O27S3. The number of rotatable bonds is 22. The van der Waals surface area contributed by atoms with Gasteiger partial charge in [-0.1, -0.05) is 129 Å². The molecule has 7 aliphatic carbocycles. The highest BCUT2D eigenvalue weighted by Gasteiger charge is 2.66. The number of nitrogens with zero attached hydrogens (tertiary/aromatic N) is 6. The van der Waals surface area contributed by atoms with E-state index in [1.807, 2.05) is 87.6 Å². The number of cyclic esters (lactones) is 3. The normalized spacial score (nSPS) is 29.7. The van der Waals surface area contributed by atoms with E-state index in [4.69, 9.17) is 28.4 Å². The maximum absolute atomic E-state index is 14.5. The van der Waals surface area contributed by atoms with E-state index in [-0.39, 0.29) is 116 Å². The fourth-order valence-electron chi connectivity index (χ4n) is 21.1. The first-order valence-electron chi connectivity index (χ1n) is 50.2. The van der Waals surface area contributed by atoms with Crippen LogP contribution in [0.3, 0.4) is 0 Å². The highest BCUT2D eigenvalue weighted by Crippen LogP contribution is 2.50. The van der Waals surface area contributed by atoms with Gasteiger partial charge in [0.05, 0.1) is 81.3 Å². The lowest BCUT2D eigenvalue weighted by molar-refractivity contribution is -0.155. The van der Waals surface area contributed by atoms with Gasteiger partial charge in [-0.05, 0) is 146 Å². The standard InChI is InChI=1S/C36H45N5O9S.C32H36F3N5O9S.C32H37F2N5O9S/c1-2-25-18-36(25,33(44)39-51(47,48)27-14-15-27)38-31(42)29-17-26-20-41(29)32(43)30(23-10-4-3-5-11-23)37-34(45)49-16-7-6-9-22-12-8-13-24-19-40(21-28(22)24)35(46)50-26;1-2-20-13-31(20,28(43)38-50(46,47)22-9-10-22)37-26(41)25-12-21-16-40(25)27(42)24(14-32(33,34)35)36-29(44)48-11-4-3-6-18-7-5-8-19-15-39(17-23(18)19)30(45)49-21;1-2-20-14-32(20,29(42)37-49(45,46)22-9-10-22)36-27(40)25-12-21-16-39(25)28(41)24(13-26(33)34)35-30(43)47-11-4-3-6-18-7-5-8-19-15-38(17-23(18)19)31(44)48-21/h2,6,8-9,12-13,23,25-27,29-30H,1,3-5,7,10-11,14-21H2,(H,37,45)(H,38,42)(H,39,44);2-3,5-8,20-22,24-25H,1,4,9-17H2,(H,36,44)(H,37,41)(H,38,43);2-3,5-8,20-22,24-26H,1,4,9-17H2,(H,35,43)(H,36,40)(H,37,42)/b9-6+;2*6-3+/t25-,26-,29+,30+,36-;20-,21-,24+,25+,31-;20-,21-,24+,25+,32-/m111/s1. The Bertz CT molecular complexity index is 6400. The van der Waals surface area contributed by atoms with Crippen LogP contribution < -0.4 is 46.1 Å². The lowest BCUT2D eigenvalue weighted by Crippen LogP contribution is -2.59. The van der Waals surface area contributed by atoms with E-state index < -0.39 is 256 Å². The number of sulfonamides is 3. The summed E-state index contributed by atoms with van der Waals surface area (Å²) in [6.45, 7) is 11.3. The van der Waals surface area contributed by atoms with Crippen LogP contribution in [-0.2, 0) is 141 Å². The predicted octanol–water partition coefficient (Wildman–Crippen LogP) is 7.06. The summed E-state index contributed by atoms with van der Waals surface area (Å²) in [7, 11) is -11.9. The lowest BCUT2D eigenvalue weighted by atomic mass is 9.83. The van der Waals surface area contributed by atoms with Gasteiger partial charge in [0.2, 0.25) is 71.9 Å².